The lowest BCUT2D eigenvalue weighted by Gasteiger charge is -2.18. The summed E-state index contributed by atoms with van der Waals surface area (Å²) in [7, 11) is 3.03. The van der Waals surface area contributed by atoms with Gasteiger partial charge in [-0.2, -0.15) is 18.4 Å². The Morgan fingerprint density at radius 3 is 2.19 bits per heavy atom. The molecule has 0 saturated carbocycles. The molecule has 0 aliphatic heterocycles. The van der Waals surface area contributed by atoms with Crippen molar-refractivity contribution >= 4 is 5.82 Å². The highest BCUT2D eigenvalue weighted by atomic mass is 19.4. The zero-order valence-electron chi connectivity index (χ0n) is 11.4. The molecule has 2 aromatic rings. The lowest BCUT2D eigenvalue weighted by atomic mass is 10.0. The van der Waals surface area contributed by atoms with Crippen molar-refractivity contribution in [2.75, 3.05) is 19.0 Å². The van der Waals surface area contributed by atoms with Gasteiger partial charge in [-0.3, -0.25) is 0 Å². The molecule has 0 bridgehead atoms. The fourth-order valence-corrected chi connectivity index (χ4v) is 1.92. The van der Waals surface area contributed by atoms with Crippen molar-refractivity contribution in [1.29, 1.82) is 5.26 Å². The Hall–Kier alpha value is -2.55. The second-order valence-electron chi connectivity index (χ2n) is 4.68. The number of nitriles is 1. The summed E-state index contributed by atoms with van der Waals surface area (Å²) in [5, 5.41) is 8.73. The summed E-state index contributed by atoms with van der Waals surface area (Å²) in [6.45, 7) is 0. The van der Waals surface area contributed by atoms with Crippen LogP contribution in [0.15, 0.2) is 36.5 Å². The topological polar surface area (TPSA) is 39.9 Å². The maximum Gasteiger partial charge on any atom is 0.419 e. The first-order valence-electron chi connectivity index (χ1n) is 6.08. The van der Waals surface area contributed by atoms with E-state index in [2.05, 4.69) is 4.98 Å². The van der Waals surface area contributed by atoms with Crippen LogP contribution in [-0.4, -0.2) is 19.1 Å². The predicted octanol–water partition coefficient (Wildman–Crippen LogP) is 3.71. The Bertz CT molecular complexity index is 683. The predicted molar refractivity (Wildman–Crippen MR) is 73.7 cm³/mol. The summed E-state index contributed by atoms with van der Waals surface area (Å²) < 4.78 is 39.3. The van der Waals surface area contributed by atoms with Gasteiger partial charge in [0.1, 0.15) is 5.82 Å². The van der Waals surface area contributed by atoms with Gasteiger partial charge in [0.25, 0.3) is 0 Å². The maximum atomic E-state index is 13.1. The van der Waals surface area contributed by atoms with Gasteiger partial charge in [-0.15, -0.1) is 0 Å². The molecule has 1 aromatic carbocycles. The largest absolute Gasteiger partial charge is 0.419 e. The van der Waals surface area contributed by atoms with E-state index in [4.69, 9.17) is 5.26 Å². The molecule has 3 nitrogen and oxygen atoms in total. The van der Waals surface area contributed by atoms with Gasteiger partial charge in [-0.25, -0.2) is 4.98 Å². The molecule has 2 rings (SSSR count). The Kier molecular flexibility index (Phi) is 3.85. The molecule has 108 valence electrons. The first-order chi connectivity index (χ1) is 9.82. The number of nitrogens with zero attached hydrogens (tertiary/aromatic N) is 3. The number of hydrogen-bond acceptors (Lipinski definition) is 3. The molecule has 0 N–H and O–H groups in total. The molecular formula is C15H12F3N3. The summed E-state index contributed by atoms with van der Waals surface area (Å²) >= 11 is 0. The number of benzene rings is 1. The van der Waals surface area contributed by atoms with Gasteiger partial charge in [-0.05, 0) is 23.8 Å². The van der Waals surface area contributed by atoms with E-state index >= 15 is 0 Å². The lowest BCUT2D eigenvalue weighted by molar-refractivity contribution is -0.137. The van der Waals surface area contributed by atoms with E-state index in [9.17, 15) is 13.2 Å². The third-order valence-electron chi connectivity index (χ3n) is 2.94. The number of hydrogen-bond donors (Lipinski definition) is 0. The second-order valence-corrected chi connectivity index (χ2v) is 4.68. The highest BCUT2D eigenvalue weighted by Gasteiger charge is 2.35. The Labute approximate surface area is 120 Å². The van der Waals surface area contributed by atoms with Crippen LogP contribution in [0.2, 0.25) is 0 Å². The molecule has 0 radical (unpaired) electrons. The van der Waals surface area contributed by atoms with Crippen LogP contribution < -0.4 is 4.90 Å². The number of alkyl halides is 3. The Balaban J connectivity index is 2.53. The molecule has 0 fully saturated rings. The number of anilines is 1. The lowest BCUT2D eigenvalue weighted by Crippen LogP contribution is -2.18. The summed E-state index contributed by atoms with van der Waals surface area (Å²) in [4.78, 5) is 5.23. The van der Waals surface area contributed by atoms with Crippen molar-refractivity contribution in [2.24, 2.45) is 0 Å². The molecule has 0 atom stereocenters. The minimum atomic E-state index is -4.48. The highest BCUT2D eigenvalue weighted by Crippen LogP contribution is 2.37. The van der Waals surface area contributed by atoms with Gasteiger partial charge in [0.15, 0.2) is 0 Å². The van der Waals surface area contributed by atoms with E-state index in [-0.39, 0.29) is 5.82 Å². The summed E-state index contributed by atoms with van der Waals surface area (Å²) in [6, 6.07) is 9.36. The minimum Gasteiger partial charge on any atom is -0.362 e. The number of aromatic nitrogens is 1. The molecule has 0 aliphatic rings. The zero-order chi connectivity index (χ0) is 15.6. The third-order valence-corrected chi connectivity index (χ3v) is 2.94. The van der Waals surface area contributed by atoms with Crippen LogP contribution in [0.25, 0.3) is 11.1 Å². The summed E-state index contributed by atoms with van der Waals surface area (Å²) in [6.07, 6.45) is -3.08. The second kappa shape index (κ2) is 5.44. The van der Waals surface area contributed by atoms with Crippen LogP contribution >= 0.6 is 0 Å². The van der Waals surface area contributed by atoms with Crippen LogP contribution in [0.1, 0.15) is 11.1 Å². The van der Waals surface area contributed by atoms with Crippen molar-refractivity contribution in [2.45, 2.75) is 6.18 Å². The fourth-order valence-electron chi connectivity index (χ4n) is 1.92. The van der Waals surface area contributed by atoms with Crippen molar-refractivity contribution in [3.63, 3.8) is 0 Å². The monoisotopic (exact) mass is 291 g/mol. The van der Waals surface area contributed by atoms with Crippen molar-refractivity contribution in [3.8, 4) is 17.2 Å². The van der Waals surface area contributed by atoms with Crippen LogP contribution in [0.4, 0.5) is 19.0 Å². The van der Waals surface area contributed by atoms with Crippen molar-refractivity contribution in [3.05, 3.63) is 47.7 Å². The van der Waals surface area contributed by atoms with E-state index in [1.54, 1.807) is 24.3 Å². The van der Waals surface area contributed by atoms with Crippen LogP contribution in [-0.2, 0) is 6.18 Å². The van der Waals surface area contributed by atoms with E-state index in [1.165, 1.54) is 25.2 Å². The number of halogens is 3. The smallest absolute Gasteiger partial charge is 0.362 e. The van der Waals surface area contributed by atoms with E-state index in [0.717, 1.165) is 6.07 Å². The average Bonchev–Trinajstić information content (AvgIpc) is 2.45. The van der Waals surface area contributed by atoms with Gasteiger partial charge in [0, 0.05) is 25.9 Å². The van der Waals surface area contributed by atoms with Gasteiger partial charge in [-0.1, -0.05) is 12.1 Å². The molecular weight excluding hydrogens is 279 g/mol. The van der Waals surface area contributed by atoms with Crippen molar-refractivity contribution in [1.82, 2.24) is 4.98 Å². The maximum absolute atomic E-state index is 13.1. The first kappa shape index (κ1) is 14.9. The SMILES string of the molecule is CN(C)c1ncc(-c2ccc(C#N)cc2)cc1C(F)(F)F. The molecule has 0 unspecified atom stereocenters. The highest BCUT2D eigenvalue weighted by molar-refractivity contribution is 5.67. The summed E-state index contributed by atoms with van der Waals surface area (Å²) in [5.74, 6) is -0.125. The standard InChI is InChI=1S/C15H12F3N3/c1-21(2)14-13(15(16,17)18)7-12(9-20-14)11-5-3-10(8-19)4-6-11/h3-7,9H,1-2H3. The normalized spacial score (nSPS) is 11.0. The van der Waals surface area contributed by atoms with Crippen LogP contribution in [0, 0.1) is 11.3 Å². The zero-order valence-corrected chi connectivity index (χ0v) is 11.4. The van der Waals surface area contributed by atoms with E-state index in [0.29, 0.717) is 16.7 Å². The Morgan fingerprint density at radius 1 is 1.10 bits per heavy atom. The van der Waals surface area contributed by atoms with Gasteiger partial charge >= 0.3 is 6.18 Å². The van der Waals surface area contributed by atoms with Gasteiger partial charge in [0.2, 0.25) is 0 Å². The van der Waals surface area contributed by atoms with Gasteiger partial charge < -0.3 is 4.90 Å². The molecule has 0 spiro atoms. The van der Waals surface area contributed by atoms with E-state index in [1.807, 2.05) is 6.07 Å². The van der Waals surface area contributed by atoms with E-state index < -0.39 is 11.7 Å². The van der Waals surface area contributed by atoms with Crippen LogP contribution in [0.5, 0.6) is 0 Å². The molecule has 1 heterocycles. The molecule has 0 aliphatic carbocycles. The molecule has 0 saturated heterocycles. The first-order valence-corrected chi connectivity index (χ1v) is 6.08. The average molecular weight is 291 g/mol. The third kappa shape index (κ3) is 3.14. The summed E-state index contributed by atoms with van der Waals surface area (Å²) in [5.41, 5.74) is 0.608. The number of pyridine rings is 1. The number of rotatable bonds is 2. The van der Waals surface area contributed by atoms with Gasteiger partial charge in [0.05, 0.1) is 17.2 Å². The molecule has 6 heteroatoms. The van der Waals surface area contributed by atoms with Crippen molar-refractivity contribution < 1.29 is 13.2 Å². The molecule has 0 amide bonds. The quantitative estimate of drug-likeness (QED) is 0.847. The van der Waals surface area contributed by atoms with Crippen LogP contribution in [0.3, 0.4) is 0 Å². The molecule has 1 aromatic heterocycles. The minimum absolute atomic E-state index is 0.125. The fraction of sp³-hybridized carbons (Fsp3) is 0.200. The molecule has 21 heavy (non-hydrogen) atoms. The Morgan fingerprint density at radius 2 is 1.71 bits per heavy atom.